The van der Waals surface area contributed by atoms with E-state index >= 15 is 0 Å². The number of H-pyrrole nitrogens is 1. The summed E-state index contributed by atoms with van der Waals surface area (Å²) in [6.45, 7) is 7.47. The van der Waals surface area contributed by atoms with Crippen molar-refractivity contribution in [3.63, 3.8) is 0 Å². The molecular formula is C27H33N5O5S. The number of aromatic nitrogens is 4. The summed E-state index contributed by atoms with van der Waals surface area (Å²) in [5.41, 5.74) is 1.67. The molecule has 0 fully saturated rings. The van der Waals surface area contributed by atoms with Gasteiger partial charge in [-0.15, -0.1) is 5.10 Å². The molecular weight excluding hydrogens is 506 g/mol. The number of rotatable bonds is 11. The Hall–Kier alpha value is -3.54. The zero-order valence-corrected chi connectivity index (χ0v) is 22.8. The van der Waals surface area contributed by atoms with Crippen LogP contribution < -0.4 is 10.3 Å². The van der Waals surface area contributed by atoms with Crippen LogP contribution in [-0.2, 0) is 23.0 Å². The van der Waals surface area contributed by atoms with Gasteiger partial charge in [0.05, 0.1) is 28.9 Å². The average molecular weight is 540 g/mol. The van der Waals surface area contributed by atoms with Crippen molar-refractivity contribution in [2.75, 3.05) is 13.2 Å². The Morgan fingerprint density at radius 3 is 2.55 bits per heavy atom. The van der Waals surface area contributed by atoms with Crippen LogP contribution in [-0.4, -0.2) is 56.7 Å². The molecule has 4 rings (SSSR count). The van der Waals surface area contributed by atoms with E-state index in [9.17, 15) is 18.3 Å². The third-order valence-electron chi connectivity index (χ3n) is 6.03. The van der Waals surface area contributed by atoms with Crippen LogP contribution in [0.4, 0.5) is 0 Å². The molecule has 11 heteroatoms. The summed E-state index contributed by atoms with van der Waals surface area (Å²) in [5, 5.41) is 14.7. The van der Waals surface area contributed by atoms with E-state index < -0.39 is 16.1 Å². The topological polar surface area (TPSA) is 130 Å². The fraction of sp³-hybridized carbons (Fsp3) is 0.370. The zero-order chi connectivity index (χ0) is 27.4. The highest BCUT2D eigenvalue weighted by molar-refractivity contribution is 7.89. The van der Waals surface area contributed by atoms with Crippen molar-refractivity contribution in [3.05, 3.63) is 76.0 Å². The van der Waals surface area contributed by atoms with Crippen LogP contribution in [0.3, 0.4) is 0 Å². The summed E-state index contributed by atoms with van der Waals surface area (Å²) in [5.74, 6) is 1.20. The quantitative estimate of drug-likeness (QED) is 0.299. The van der Waals surface area contributed by atoms with Crippen LogP contribution >= 0.6 is 0 Å². The molecule has 1 unspecified atom stereocenters. The number of aliphatic hydroxyl groups excluding tert-OH is 1. The van der Waals surface area contributed by atoms with E-state index in [1.807, 2.05) is 44.2 Å². The summed E-state index contributed by atoms with van der Waals surface area (Å²) in [7, 11) is -4.04. The van der Waals surface area contributed by atoms with Crippen molar-refractivity contribution in [1.82, 2.24) is 23.9 Å². The molecule has 38 heavy (non-hydrogen) atoms. The van der Waals surface area contributed by atoms with Crippen molar-refractivity contribution in [2.24, 2.45) is 0 Å². The molecule has 0 saturated carbocycles. The first-order valence-corrected chi connectivity index (χ1v) is 14.1. The second-order valence-corrected chi connectivity index (χ2v) is 11.1. The van der Waals surface area contributed by atoms with Crippen LogP contribution in [0.25, 0.3) is 16.9 Å². The molecule has 1 atom stereocenters. The van der Waals surface area contributed by atoms with Gasteiger partial charge < -0.3 is 14.8 Å². The predicted molar refractivity (Wildman–Crippen MR) is 145 cm³/mol. The number of aryl methyl sites for hydroxylation is 2. The van der Waals surface area contributed by atoms with Crippen molar-refractivity contribution >= 4 is 15.5 Å². The lowest BCUT2D eigenvalue weighted by Crippen LogP contribution is -2.36. The van der Waals surface area contributed by atoms with E-state index in [0.29, 0.717) is 41.4 Å². The summed E-state index contributed by atoms with van der Waals surface area (Å²) in [6.07, 6.45) is 0.573. The Kier molecular flexibility index (Phi) is 8.29. The van der Waals surface area contributed by atoms with Gasteiger partial charge in [0.1, 0.15) is 11.6 Å². The van der Waals surface area contributed by atoms with Gasteiger partial charge in [-0.2, -0.15) is 4.31 Å². The van der Waals surface area contributed by atoms with E-state index in [2.05, 4.69) is 15.1 Å². The highest BCUT2D eigenvalue weighted by Gasteiger charge is 2.28. The molecule has 0 amide bonds. The monoisotopic (exact) mass is 539 g/mol. The first-order chi connectivity index (χ1) is 18.1. The maximum absolute atomic E-state index is 13.8. The summed E-state index contributed by atoms with van der Waals surface area (Å²) in [4.78, 5) is 20.3. The lowest BCUT2D eigenvalue weighted by molar-refractivity contribution is 0.161. The van der Waals surface area contributed by atoms with Crippen LogP contribution in [0.1, 0.15) is 44.3 Å². The number of hydrogen-bond donors (Lipinski definition) is 2. The first-order valence-electron chi connectivity index (χ1n) is 12.6. The van der Waals surface area contributed by atoms with E-state index in [0.717, 1.165) is 12.0 Å². The summed E-state index contributed by atoms with van der Waals surface area (Å²) >= 11 is 0. The summed E-state index contributed by atoms with van der Waals surface area (Å²) in [6, 6.07) is 13.7. The summed E-state index contributed by atoms with van der Waals surface area (Å²) < 4.78 is 36.2. The van der Waals surface area contributed by atoms with Crippen LogP contribution in [0.5, 0.6) is 5.75 Å². The van der Waals surface area contributed by atoms with Crippen LogP contribution in [0, 0.1) is 6.92 Å². The molecule has 202 valence electrons. The number of nitrogens with one attached hydrogen (secondary N) is 1. The van der Waals surface area contributed by atoms with Crippen molar-refractivity contribution < 1.29 is 18.3 Å². The van der Waals surface area contributed by atoms with Gasteiger partial charge in [0.25, 0.3) is 5.56 Å². The molecule has 2 aromatic heterocycles. The Balaban J connectivity index is 1.85. The Bertz CT molecular complexity index is 1580. The fourth-order valence-corrected chi connectivity index (χ4v) is 5.89. The highest BCUT2D eigenvalue weighted by Crippen LogP contribution is 2.32. The molecule has 0 saturated heterocycles. The lowest BCUT2D eigenvalue weighted by Gasteiger charge is -2.24. The third-order valence-corrected chi connectivity index (χ3v) is 7.84. The van der Waals surface area contributed by atoms with E-state index in [-0.39, 0.29) is 29.4 Å². The smallest absolute Gasteiger partial charge is 0.277 e. The van der Waals surface area contributed by atoms with Crippen LogP contribution in [0.2, 0.25) is 0 Å². The standard InChI is InChI=1S/C27H33N5O5S/c1-5-10-24-28-19(4)25-27(34)29-26(30-32(24)25)22-15-21(13-14-23(22)37-6-2)38(35,36)31(16-18(3)33)17-20-11-8-7-9-12-20/h7-9,11-15,18,33H,5-6,10,16-17H2,1-4H3,(H,29,30,34). The van der Waals surface area contributed by atoms with Gasteiger partial charge in [-0.1, -0.05) is 37.3 Å². The zero-order valence-electron chi connectivity index (χ0n) is 22.0. The number of imidazole rings is 1. The number of hydrogen-bond acceptors (Lipinski definition) is 7. The SMILES string of the molecule is CCCc1nc(C)c2c(=O)[nH]c(-c3cc(S(=O)(=O)N(Cc4ccccc4)CC(C)O)ccc3OCC)nn12. The second kappa shape index (κ2) is 11.5. The minimum atomic E-state index is -4.04. The predicted octanol–water partition coefficient (Wildman–Crippen LogP) is 3.32. The molecule has 10 nitrogen and oxygen atoms in total. The Morgan fingerprint density at radius 1 is 1.16 bits per heavy atom. The molecule has 0 spiro atoms. The van der Waals surface area contributed by atoms with E-state index in [4.69, 9.17) is 4.74 Å². The number of sulfonamides is 1. The molecule has 2 heterocycles. The van der Waals surface area contributed by atoms with Crippen molar-refractivity contribution in [1.29, 1.82) is 0 Å². The molecule has 0 radical (unpaired) electrons. The third kappa shape index (κ3) is 5.64. The van der Waals surface area contributed by atoms with Gasteiger partial charge in [-0.3, -0.25) is 4.79 Å². The van der Waals surface area contributed by atoms with Crippen molar-refractivity contribution in [3.8, 4) is 17.1 Å². The van der Waals surface area contributed by atoms with E-state index in [1.165, 1.54) is 21.0 Å². The van der Waals surface area contributed by atoms with Crippen molar-refractivity contribution in [2.45, 2.75) is 58.1 Å². The van der Waals surface area contributed by atoms with E-state index in [1.54, 1.807) is 19.9 Å². The normalized spacial score (nSPS) is 12.8. The van der Waals surface area contributed by atoms with Gasteiger partial charge >= 0.3 is 0 Å². The number of aliphatic hydroxyl groups is 1. The molecule has 0 aliphatic carbocycles. The molecule has 0 aliphatic heterocycles. The average Bonchev–Trinajstić information content (AvgIpc) is 3.20. The number of benzene rings is 2. The molecule has 0 aliphatic rings. The van der Waals surface area contributed by atoms with Gasteiger partial charge in [-0.05, 0) is 51.0 Å². The van der Waals surface area contributed by atoms with Gasteiger partial charge in [0.2, 0.25) is 10.0 Å². The van der Waals surface area contributed by atoms with Gasteiger partial charge in [0, 0.05) is 19.5 Å². The highest BCUT2D eigenvalue weighted by atomic mass is 32.2. The first kappa shape index (κ1) is 27.5. The maximum Gasteiger partial charge on any atom is 0.277 e. The maximum atomic E-state index is 13.8. The Morgan fingerprint density at radius 2 is 1.89 bits per heavy atom. The molecule has 2 N–H and O–H groups in total. The number of fused-ring (bicyclic) bond motifs is 1. The molecule has 0 bridgehead atoms. The molecule has 4 aromatic rings. The Labute approximate surface area is 222 Å². The van der Waals surface area contributed by atoms with Crippen LogP contribution in [0.15, 0.2) is 58.2 Å². The minimum absolute atomic E-state index is 0.00845. The number of nitrogens with zero attached hydrogens (tertiary/aromatic N) is 4. The second-order valence-electron chi connectivity index (χ2n) is 9.15. The number of aromatic amines is 1. The lowest BCUT2D eigenvalue weighted by atomic mass is 10.2. The van der Waals surface area contributed by atoms with Gasteiger partial charge in [-0.25, -0.2) is 17.9 Å². The molecule has 2 aromatic carbocycles. The fourth-order valence-electron chi connectivity index (χ4n) is 4.36. The largest absolute Gasteiger partial charge is 0.493 e. The van der Waals surface area contributed by atoms with Gasteiger partial charge in [0.15, 0.2) is 11.3 Å². The number of ether oxygens (including phenoxy) is 1. The minimum Gasteiger partial charge on any atom is -0.493 e.